The standard InChI is InChI=1S/C15H26N2O/c1-4-5-6-8-14(2,3)12-17-13(18)15(11-16)9-7-10-15/h4-10,12H2,1-3H3,(H,17,18). The number of hydrogen-bond donors (Lipinski definition) is 1. The van der Waals surface area contributed by atoms with Crippen LogP contribution in [0.5, 0.6) is 0 Å². The molecule has 3 nitrogen and oxygen atoms in total. The van der Waals surface area contributed by atoms with Crippen molar-refractivity contribution in [1.29, 1.82) is 5.26 Å². The van der Waals surface area contributed by atoms with Gasteiger partial charge in [0, 0.05) is 6.54 Å². The van der Waals surface area contributed by atoms with Crippen molar-refractivity contribution in [3.63, 3.8) is 0 Å². The summed E-state index contributed by atoms with van der Waals surface area (Å²) in [5.74, 6) is -0.0557. The fourth-order valence-electron chi connectivity index (χ4n) is 2.35. The Labute approximate surface area is 111 Å². The third-order valence-corrected chi connectivity index (χ3v) is 4.04. The smallest absolute Gasteiger partial charge is 0.240 e. The van der Waals surface area contributed by atoms with Crippen molar-refractivity contribution in [2.45, 2.75) is 65.7 Å². The van der Waals surface area contributed by atoms with E-state index < -0.39 is 5.41 Å². The van der Waals surface area contributed by atoms with E-state index in [1.54, 1.807) is 0 Å². The largest absolute Gasteiger partial charge is 0.354 e. The zero-order valence-corrected chi connectivity index (χ0v) is 12.0. The molecule has 0 spiro atoms. The number of rotatable bonds is 7. The third-order valence-electron chi connectivity index (χ3n) is 4.04. The molecule has 102 valence electrons. The lowest BCUT2D eigenvalue weighted by Crippen LogP contribution is -2.47. The van der Waals surface area contributed by atoms with Crippen LogP contribution in [-0.4, -0.2) is 12.5 Å². The number of unbranched alkanes of at least 4 members (excludes halogenated alkanes) is 2. The van der Waals surface area contributed by atoms with E-state index in [2.05, 4.69) is 32.2 Å². The van der Waals surface area contributed by atoms with Gasteiger partial charge in [-0.2, -0.15) is 5.26 Å². The number of amides is 1. The molecule has 0 aromatic carbocycles. The van der Waals surface area contributed by atoms with Crippen molar-refractivity contribution in [1.82, 2.24) is 5.32 Å². The summed E-state index contributed by atoms with van der Waals surface area (Å²) in [5.41, 5.74) is -0.579. The zero-order chi connectivity index (χ0) is 13.6. The molecule has 0 bridgehead atoms. The van der Waals surface area contributed by atoms with Crippen LogP contribution in [0.25, 0.3) is 0 Å². The van der Waals surface area contributed by atoms with E-state index >= 15 is 0 Å². The molecule has 1 N–H and O–H groups in total. The number of nitriles is 1. The van der Waals surface area contributed by atoms with E-state index in [9.17, 15) is 4.79 Å². The SMILES string of the molecule is CCCCCC(C)(C)CNC(=O)C1(C#N)CCC1. The lowest BCUT2D eigenvalue weighted by molar-refractivity contribution is -0.132. The van der Waals surface area contributed by atoms with E-state index in [0.717, 1.165) is 25.7 Å². The fourth-order valence-corrected chi connectivity index (χ4v) is 2.35. The average molecular weight is 250 g/mol. The quantitative estimate of drug-likeness (QED) is 0.704. The Morgan fingerprint density at radius 3 is 2.50 bits per heavy atom. The Morgan fingerprint density at radius 2 is 2.06 bits per heavy atom. The Hall–Kier alpha value is -1.04. The molecule has 0 unspecified atom stereocenters. The summed E-state index contributed by atoms with van der Waals surface area (Å²) in [4.78, 5) is 12.0. The summed E-state index contributed by atoms with van der Waals surface area (Å²) >= 11 is 0. The van der Waals surface area contributed by atoms with Gasteiger partial charge in [-0.15, -0.1) is 0 Å². The highest BCUT2D eigenvalue weighted by Crippen LogP contribution is 2.40. The van der Waals surface area contributed by atoms with Gasteiger partial charge >= 0.3 is 0 Å². The lowest BCUT2D eigenvalue weighted by atomic mass is 9.69. The van der Waals surface area contributed by atoms with Gasteiger partial charge in [-0.1, -0.05) is 40.0 Å². The lowest BCUT2D eigenvalue weighted by Gasteiger charge is -2.35. The molecule has 0 saturated heterocycles. The Balaban J connectivity index is 2.35. The van der Waals surface area contributed by atoms with Crippen molar-refractivity contribution in [3.05, 3.63) is 0 Å². The first-order valence-corrected chi connectivity index (χ1v) is 7.15. The van der Waals surface area contributed by atoms with Gasteiger partial charge in [0.05, 0.1) is 6.07 Å². The average Bonchev–Trinajstić information content (AvgIpc) is 2.26. The van der Waals surface area contributed by atoms with Crippen LogP contribution in [0.3, 0.4) is 0 Å². The highest BCUT2D eigenvalue weighted by Gasteiger charge is 2.44. The van der Waals surface area contributed by atoms with Crippen molar-refractivity contribution in [2.75, 3.05) is 6.54 Å². The fraction of sp³-hybridized carbons (Fsp3) is 0.867. The minimum atomic E-state index is -0.709. The second-order valence-electron chi connectivity index (χ2n) is 6.35. The number of carbonyl (C=O) groups is 1. The molecular weight excluding hydrogens is 224 g/mol. The predicted molar refractivity (Wildman–Crippen MR) is 72.8 cm³/mol. The van der Waals surface area contributed by atoms with Crippen LogP contribution in [0.2, 0.25) is 0 Å². The maximum absolute atomic E-state index is 12.0. The van der Waals surface area contributed by atoms with Gasteiger partial charge < -0.3 is 5.32 Å². The van der Waals surface area contributed by atoms with Gasteiger partial charge in [0.2, 0.25) is 5.91 Å². The molecule has 0 heterocycles. The first kappa shape index (κ1) is 15.0. The molecule has 0 aromatic rings. The van der Waals surface area contributed by atoms with Crippen molar-refractivity contribution in [3.8, 4) is 6.07 Å². The molecule has 0 aliphatic heterocycles. The van der Waals surface area contributed by atoms with E-state index in [1.807, 2.05) is 0 Å². The van der Waals surface area contributed by atoms with Crippen molar-refractivity contribution >= 4 is 5.91 Å². The molecule has 1 amide bonds. The van der Waals surface area contributed by atoms with Crippen LogP contribution < -0.4 is 5.32 Å². The third kappa shape index (κ3) is 3.73. The van der Waals surface area contributed by atoms with Gasteiger partial charge in [0.1, 0.15) is 5.41 Å². The summed E-state index contributed by atoms with van der Waals surface area (Å²) in [6.45, 7) is 7.24. The molecular formula is C15H26N2O. The summed E-state index contributed by atoms with van der Waals surface area (Å²) in [6, 6.07) is 2.19. The van der Waals surface area contributed by atoms with Gasteiger partial charge in [-0.3, -0.25) is 4.79 Å². The Bertz CT molecular complexity index is 324. The molecule has 1 saturated carbocycles. The number of carbonyl (C=O) groups excluding carboxylic acids is 1. The number of nitrogens with zero attached hydrogens (tertiary/aromatic N) is 1. The minimum absolute atomic E-state index is 0.0557. The molecule has 1 aliphatic rings. The Kier molecular flexibility index (Phi) is 5.19. The normalized spacial score (nSPS) is 17.7. The van der Waals surface area contributed by atoms with Crippen molar-refractivity contribution < 1.29 is 4.79 Å². The summed E-state index contributed by atoms with van der Waals surface area (Å²) in [7, 11) is 0. The molecule has 1 rings (SSSR count). The summed E-state index contributed by atoms with van der Waals surface area (Å²) in [5, 5.41) is 12.1. The Morgan fingerprint density at radius 1 is 1.39 bits per heavy atom. The van der Waals surface area contributed by atoms with Gasteiger partial charge in [0.15, 0.2) is 0 Å². The topological polar surface area (TPSA) is 52.9 Å². The van der Waals surface area contributed by atoms with Gasteiger partial charge in [-0.05, 0) is 31.1 Å². The van der Waals surface area contributed by atoms with Crippen LogP contribution in [0.4, 0.5) is 0 Å². The van der Waals surface area contributed by atoms with Crippen LogP contribution in [0, 0.1) is 22.2 Å². The minimum Gasteiger partial charge on any atom is -0.354 e. The van der Waals surface area contributed by atoms with Crippen LogP contribution in [0.15, 0.2) is 0 Å². The molecule has 3 heteroatoms. The molecule has 0 radical (unpaired) electrons. The molecule has 1 fully saturated rings. The van der Waals surface area contributed by atoms with E-state index in [-0.39, 0.29) is 11.3 Å². The monoisotopic (exact) mass is 250 g/mol. The first-order chi connectivity index (χ1) is 8.46. The number of hydrogen-bond acceptors (Lipinski definition) is 2. The van der Waals surface area contributed by atoms with Crippen molar-refractivity contribution in [2.24, 2.45) is 10.8 Å². The highest BCUT2D eigenvalue weighted by molar-refractivity contribution is 5.86. The van der Waals surface area contributed by atoms with Crippen LogP contribution in [0.1, 0.15) is 65.7 Å². The predicted octanol–water partition coefficient (Wildman–Crippen LogP) is 3.40. The van der Waals surface area contributed by atoms with Gasteiger partial charge in [-0.25, -0.2) is 0 Å². The van der Waals surface area contributed by atoms with Gasteiger partial charge in [0.25, 0.3) is 0 Å². The highest BCUT2D eigenvalue weighted by atomic mass is 16.2. The molecule has 0 aromatic heterocycles. The molecule has 0 atom stereocenters. The summed E-state index contributed by atoms with van der Waals surface area (Å²) < 4.78 is 0. The van der Waals surface area contributed by atoms with E-state index in [0.29, 0.717) is 6.54 Å². The summed E-state index contributed by atoms with van der Waals surface area (Å²) in [6.07, 6.45) is 7.26. The zero-order valence-electron chi connectivity index (χ0n) is 12.0. The van der Waals surface area contributed by atoms with E-state index in [4.69, 9.17) is 5.26 Å². The first-order valence-electron chi connectivity index (χ1n) is 7.15. The molecule has 18 heavy (non-hydrogen) atoms. The maximum atomic E-state index is 12.0. The maximum Gasteiger partial charge on any atom is 0.240 e. The second-order valence-corrected chi connectivity index (χ2v) is 6.35. The van der Waals surface area contributed by atoms with Crippen LogP contribution >= 0.6 is 0 Å². The number of nitrogens with one attached hydrogen (secondary N) is 1. The molecule has 1 aliphatic carbocycles. The van der Waals surface area contributed by atoms with E-state index in [1.165, 1.54) is 19.3 Å². The second kappa shape index (κ2) is 6.22. The van der Waals surface area contributed by atoms with Crippen LogP contribution in [-0.2, 0) is 4.79 Å².